The lowest BCUT2D eigenvalue weighted by Crippen LogP contribution is -2.09. The highest BCUT2D eigenvalue weighted by molar-refractivity contribution is 9.10. The van der Waals surface area contributed by atoms with E-state index in [-0.39, 0.29) is 0 Å². The maximum Gasteiger partial charge on any atom is 0.343 e. The fourth-order valence-corrected chi connectivity index (χ4v) is 2.68. The summed E-state index contributed by atoms with van der Waals surface area (Å²) in [6.07, 6.45) is 3.29. The summed E-state index contributed by atoms with van der Waals surface area (Å²) in [5.74, 6) is 0.0935. The summed E-state index contributed by atoms with van der Waals surface area (Å²) in [6, 6.07) is 11.4. The predicted molar refractivity (Wildman–Crippen MR) is 102 cm³/mol. The minimum absolute atomic E-state index is 0.322. The maximum absolute atomic E-state index is 12.3. The summed E-state index contributed by atoms with van der Waals surface area (Å²) in [5, 5.41) is 0. The number of rotatable bonds is 8. The Hall–Kier alpha value is -2.34. The third-order valence-corrected chi connectivity index (χ3v) is 4.28. The van der Waals surface area contributed by atoms with Gasteiger partial charge in [-0.2, -0.15) is 0 Å². The monoisotopic (exact) mass is 420 g/mol. The van der Waals surface area contributed by atoms with Crippen LogP contribution in [0, 0.1) is 0 Å². The molecule has 0 amide bonds. The third kappa shape index (κ3) is 5.59. The molecule has 0 saturated heterocycles. The highest BCUT2D eigenvalue weighted by atomic mass is 79.9. The molecule has 0 heterocycles. The average Bonchev–Trinajstić information content (AvgIpc) is 2.66. The van der Waals surface area contributed by atoms with Gasteiger partial charge in [0.25, 0.3) is 0 Å². The van der Waals surface area contributed by atoms with Gasteiger partial charge in [-0.1, -0.05) is 19.8 Å². The van der Waals surface area contributed by atoms with Crippen LogP contribution in [-0.4, -0.2) is 25.7 Å². The Kier molecular flexibility index (Phi) is 7.66. The van der Waals surface area contributed by atoms with Crippen LogP contribution >= 0.6 is 15.9 Å². The average molecular weight is 421 g/mol. The van der Waals surface area contributed by atoms with Gasteiger partial charge in [0.2, 0.25) is 0 Å². The van der Waals surface area contributed by atoms with E-state index in [1.807, 2.05) is 0 Å². The molecule has 5 nitrogen and oxygen atoms in total. The van der Waals surface area contributed by atoms with Gasteiger partial charge >= 0.3 is 11.9 Å². The van der Waals surface area contributed by atoms with Gasteiger partial charge in [0.05, 0.1) is 29.3 Å². The molecule has 0 unspecified atom stereocenters. The van der Waals surface area contributed by atoms with Crippen LogP contribution < -0.4 is 9.47 Å². The van der Waals surface area contributed by atoms with E-state index >= 15 is 0 Å². The first-order valence-electron chi connectivity index (χ1n) is 8.38. The second-order valence-corrected chi connectivity index (χ2v) is 6.46. The van der Waals surface area contributed by atoms with Crippen LogP contribution in [0.5, 0.6) is 11.5 Å². The first-order chi connectivity index (χ1) is 12.5. The normalized spacial score (nSPS) is 10.3. The molecule has 0 atom stereocenters. The Labute approximate surface area is 161 Å². The van der Waals surface area contributed by atoms with Crippen LogP contribution in [0.3, 0.4) is 0 Å². The smallest absolute Gasteiger partial charge is 0.343 e. The van der Waals surface area contributed by atoms with Crippen LogP contribution in [0.4, 0.5) is 0 Å². The van der Waals surface area contributed by atoms with Crippen molar-refractivity contribution in [2.45, 2.75) is 26.2 Å². The molecule has 0 aliphatic heterocycles. The van der Waals surface area contributed by atoms with Crippen molar-refractivity contribution in [1.82, 2.24) is 0 Å². The number of ether oxygens (including phenoxy) is 3. The Morgan fingerprint density at radius 3 is 2.27 bits per heavy atom. The van der Waals surface area contributed by atoms with Crippen LogP contribution in [0.2, 0.25) is 0 Å². The summed E-state index contributed by atoms with van der Waals surface area (Å²) in [7, 11) is 1.31. The molecule has 2 rings (SSSR count). The molecular formula is C20H21BrO5. The van der Waals surface area contributed by atoms with Gasteiger partial charge in [-0.05, 0) is 64.8 Å². The van der Waals surface area contributed by atoms with Crippen molar-refractivity contribution >= 4 is 27.9 Å². The van der Waals surface area contributed by atoms with Crippen molar-refractivity contribution in [3.63, 3.8) is 0 Å². The number of halogens is 1. The van der Waals surface area contributed by atoms with Crippen molar-refractivity contribution < 1.29 is 23.8 Å². The zero-order valence-electron chi connectivity index (χ0n) is 14.8. The van der Waals surface area contributed by atoms with Crippen molar-refractivity contribution in [1.29, 1.82) is 0 Å². The molecule has 0 aromatic heterocycles. The standard InChI is InChI=1S/C20H21BrO5/c1-3-4-5-12-25-16-9-6-14(7-10-16)20(23)26-18-11-8-15(13-17(18)21)19(22)24-2/h6-11,13H,3-5,12H2,1-2H3. The van der Waals surface area contributed by atoms with Gasteiger partial charge in [0.1, 0.15) is 11.5 Å². The maximum atomic E-state index is 12.3. The zero-order valence-corrected chi connectivity index (χ0v) is 16.4. The molecule has 0 bridgehead atoms. The van der Waals surface area contributed by atoms with E-state index in [4.69, 9.17) is 9.47 Å². The number of methoxy groups -OCH3 is 1. The van der Waals surface area contributed by atoms with Crippen molar-refractivity contribution in [3.8, 4) is 11.5 Å². The summed E-state index contributed by atoms with van der Waals surface area (Å²) in [6.45, 7) is 2.80. The lowest BCUT2D eigenvalue weighted by atomic mass is 10.2. The molecule has 6 heteroatoms. The largest absolute Gasteiger partial charge is 0.494 e. The highest BCUT2D eigenvalue weighted by Crippen LogP contribution is 2.27. The molecule has 0 saturated carbocycles. The number of carbonyl (C=O) groups is 2. The second-order valence-electron chi connectivity index (χ2n) is 5.61. The lowest BCUT2D eigenvalue weighted by molar-refractivity contribution is 0.0600. The number of benzene rings is 2. The van der Waals surface area contributed by atoms with E-state index in [1.54, 1.807) is 36.4 Å². The summed E-state index contributed by atoms with van der Waals surface area (Å²) in [4.78, 5) is 23.8. The molecule has 0 fully saturated rings. The number of hydrogen-bond donors (Lipinski definition) is 0. The van der Waals surface area contributed by atoms with Gasteiger partial charge in [-0.25, -0.2) is 9.59 Å². The van der Waals surface area contributed by atoms with Gasteiger partial charge in [0.15, 0.2) is 0 Å². The minimum atomic E-state index is -0.492. The van der Waals surface area contributed by atoms with E-state index in [0.717, 1.165) is 25.0 Å². The Bertz CT molecular complexity index is 755. The molecule has 138 valence electrons. The Morgan fingerprint density at radius 2 is 1.65 bits per heavy atom. The summed E-state index contributed by atoms with van der Waals surface area (Å²) < 4.78 is 16.1. The van der Waals surface area contributed by atoms with Crippen LogP contribution in [0.15, 0.2) is 46.9 Å². The summed E-state index contributed by atoms with van der Waals surface area (Å²) in [5.41, 5.74) is 0.776. The Balaban J connectivity index is 1.98. The van der Waals surface area contributed by atoms with Crippen molar-refractivity contribution in [2.75, 3.05) is 13.7 Å². The van der Waals surface area contributed by atoms with E-state index in [9.17, 15) is 9.59 Å². The quantitative estimate of drug-likeness (QED) is 0.340. The fourth-order valence-electron chi connectivity index (χ4n) is 2.22. The SMILES string of the molecule is CCCCCOc1ccc(C(=O)Oc2ccc(C(=O)OC)cc2Br)cc1. The molecule has 0 aliphatic carbocycles. The molecule has 2 aromatic carbocycles. The number of carbonyl (C=O) groups excluding carboxylic acids is 2. The fraction of sp³-hybridized carbons (Fsp3) is 0.300. The highest BCUT2D eigenvalue weighted by Gasteiger charge is 2.14. The topological polar surface area (TPSA) is 61.8 Å². The van der Waals surface area contributed by atoms with Gasteiger partial charge in [0, 0.05) is 0 Å². The van der Waals surface area contributed by atoms with Crippen LogP contribution in [0.25, 0.3) is 0 Å². The predicted octanol–water partition coefficient (Wildman–Crippen LogP) is 5.02. The number of unbranched alkanes of at least 4 members (excludes halogenated alkanes) is 2. The van der Waals surface area contributed by atoms with E-state index in [1.165, 1.54) is 13.2 Å². The molecule has 0 spiro atoms. The number of hydrogen-bond acceptors (Lipinski definition) is 5. The second kappa shape index (κ2) is 9.97. The number of esters is 2. The third-order valence-electron chi connectivity index (χ3n) is 3.66. The van der Waals surface area contributed by atoms with Gasteiger partial charge in [-0.3, -0.25) is 0 Å². The minimum Gasteiger partial charge on any atom is -0.494 e. The molecule has 0 aliphatic rings. The Morgan fingerprint density at radius 1 is 0.962 bits per heavy atom. The van der Waals surface area contributed by atoms with Gasteiger partial charge in [-0.15, -0.1) is 0 Å². The van der Waals surface area contributed by atoms with E-state index in [2.05, 4.69) is 27.6 Å². The zero-order chi connectivity index (χ0) is 18.9. The first kappa shape index (κ1) is 20.0. The molecular weight excluding hydrogens is 400 g/mol. The van der Waals surface area contributed by atoms with Crippen molar-refractivity contribution in [3.05, 3.63) is 58.1 Å². The van der Waals surface area contributed by atoms with Crippen LogP contribution in [0.1, 0.15) is 46.9 Å². The van der Waals surface area contributed by atoms with E-state index in [0.29, 0.717) is 28.0 Å². The molecule has 2 aromatic rings. The lowest BCUT2D eigenvalue weighted by Gasteiger charge is -2.09. The molecule has 0 radical (unpaired) electrons. The first-order valence-corrected chi connectivity index (χ1v) is 9.17. The van der Waals surface area contributed by atoms with Crippen molar-refractivity contribution in [2.24, 2.45) is 0 Å². The summed E-state index contributed by atoms with van der Waals surface area (Å²) >= 11 is 3.29. The van der Waals surface area contributed by atoms with Crippen LogP contribution in [-0.2, 0) is 4.74 Å². The molecule has 0 N–H and O–H groups in total. The van der Waals surface area contributed by atoms with E-state index < -0.39 is 11.9 Å². The van der Waals surface area contributed by atoms with Gasteiger partial charge < -0.3 is 14.2 Å². The molecule has 26 heavy (non-hydrogen) atoms.